The van der Waals surface area contributed by atoms with Gasteiger partial charge in [0.2, 0.25) is 0 Å². The first-order valence-corrected chi connectivity index (χ1v) is 8.38. The molecule has 1 aromatic carbocycles. The van der Waals surface area contributed by atoms with Crippen molar-refractivity contribution in [2.45, 2.75) is 18.3 Å². The largest absolute Gasteiger partial charge is 0.416 e. The van der Waals surface area contributed by atoms with E-state index < -0.39 is 27.6 Å². The highest BCUT2D eigenvalue weighted by Gasteiger charge is 2.47. The van der Waals surface area contributed by atoms with Crippen molar-refractivity contribution in [3.8, 4) is 0 Å². The Bertz CT molecular complexity index is 703. The molecule has 3 rings (SSSR count). The number of hydrogen-bond acceptors (Lipinski definition) is 3. The molecule has 0 saturated carbocycles. The van der Waals surface area contributed by atoms with Crippen LogP contribution in [0.5, 0.6) is 0 Å². The summed E-state index contributed by atoms with van der Waals surface area (Å²) < 4.78 is 61.7. The van der Waals surface area contributed by atoms with Crippen molar-refractivity contribution in [1.29, 1.82) is 0 Å². The molecule has 0 spiro atoms. The number of benzene rings is 1. The number of sulfone groups is 1. The van der Waals surface area contributed by atoms with E-state index in [1.807, 2.05) is 0 Å². The Morgan fingerprint density at radius 2 is 2.00 bits per heavy atom. The maximum atomic E-state index is 12.8. The minimum atomic E-state index is -4.45. The second kappa shape index (κ2) is 4.57. The third-order valence-corrected chi connectivity index (χ3v) is 5.66. The van der Waals surface area contributed by atoms with Crippen molar-refractivity contribution in [3.05, 3.63) is 29.8 Å². The Kier molecular flexibility index (Phi) is 3.17. The first-order chi connectivity index (χ1) is 9.67. The van der Waals surface area contributed by atoms with Gasteiger partial charge >= 0.3 is 6.18 Å². The first kappa shape index (κ1) is 14.6. The molecule has 0 radical (unpaired) electrons. The van der Waals surface area contributed by atoms with E-state index in [4.69, 9.17) is 12.2 Å². The van der Waals surface area contributed by atoms with Crippen molar-refractivity contribution >= 4 is 32.9 Å². The lowest BCUT2D eigenvalue weighted by Crippen LogP contribution is -2.36. The minimum Gasteiger partial charge on any atom is -0.356 e. The molecule has 0 amide bonds. The molecule has 1 N–H and O–H groups in total. The van der Waals surface area contributed by atoms with Crippen molar-refractivity contribution in [2.75, 3.05) is 16.4 Å². The van der Waals surface area contributed by atoms with Crippen LogP contribution in [0.1, 0.15) is 5.56 Å². The molecule has 9 heteroatoms. The Morgan fingerprint density at radius 3 is 2.67 bits per heavy atom. The predicted octanol–water partition coefficient (Wildman–Crippen LogP) is 1.57. The highest BCUT2D eigenvalue weighted by Crippen LogP contribution is 2.34. The van der Waals surface area contributed by atoms with Crippen LogP contribution in [0.3, 0.4) is 0 Å². The molecule has 1 aromatic rings. The molecule has 21 heavy (non-hydrogen) atoms. The van der Waals surface area contributed by atoms with Crippen LogP contribution in [0.4, 0.5) is 18.9 Å². The van der Waals surface area contributed by atoms with E-state index in [1.165, 1.54) is 17.0 Å². The van der Waals surface area contributed by atoms with Crippen LogP contribution in [0.15, 0.2) is 24.3 Å². The van der Waals surface area contributed by atoms with Gasteiger partial charge in [-0.25, -0.2) is 8.42 Å². The van der Waals surface area contributed by atoms with Gasteiger partial charge in [0, 0.05) is 5.69 Å². The monoisotopic (exact) mass is 336 g/mol. The second-order valence-corrected chi connectivity index (χ2v) is 7.66. The number of halogens is 3. The van der Waals surface area contributed by atoms with Crippen LogP contribution < -0.4 is 10.2 Å². The van der Waals surface area contributed by atoms with Crippen molar-refractivity contribution in [2.24, 2.45) is 0 Å². The van der Waals surface area contributed by atoms with Crippen LogP contribution >= 0.6 is 12.2 Å². The molecular weight excluding hydrogens is 325 g/mol. The summed E-state index contributed by atoms with van der Waals surface area (Å²) in [6, 6.07) is 3.93. The molecule has 2 heterocycles. The van der Waals surface area contributed by atoms with Gasteiger partial charge in [0.1, 0.15) is 0 Å². The second-order valence-electron chi connectivity index (χ2n) is 5.12. The normalized spacial score (nSPS) is 27.6. The molecule has 114 valence electrons. The molecular formula is C12H11F3N2O2S2. The van der Waals surface area contributed by atoms with Crippen LogP contribution in [-0.4, -0.2) is 37.1 Å². The fourth-order valence-electron chi connectivity index (χ4n) is 2.74. The lowest BCUT2D eigenvalue weighted by molar-refractivity contribution is -0.137. The van der Waals surface area contributed by atoms with Gasteiger partial charge in [-0.15, -0.1) is 0 Å². The molecule has 0 aliphatic carbocycles. The zero-order chi connectivity index (χ0) is 15.4. The van der Waals surface area contributed by atoms with E-state index in [2.05, 4.69) is 5.32 Å². The minimum absolute atomic E-state index is 0.0483. The topological polar surface area (TPSA) is 49.4 Å². The maximum Gasteiger partial charge on any atom is 0.416 e. The first-order valence-electron chi connectivity index (χ1n) is 6.15. The average Bonchev–Trinajstić information content (AvgIpc) is 2.78. The molecule has 0 aromatic heterocycles. The zero-order valence-corrected chi connectivity index (χ0v) is 12.2. The average molecular weight is 336 g/mol. The molecule has 2 aliphatic heterocycles. The standard InChI is InChI=1S/C12H11F3N2O2S2/c13-12(14,15)7-2-1-3-8(4-7)17-10-6-21(18,19)5-9(10)16-11(17)20/h1-4,9-10H,5-6H2,(H,16,20)/t9-,10+/m0/s1. The zero-order valence-electron chi connectivity index (χ0n) is 10.6. The molecule has 0 bridgehead atoms. The van der Waals surface area contributed by atoms with Crippen LogP contribution in [-0.2, 0) is 16.0 Å². The highest BCUT2D eigenvalue weighted by molar-refractivity contribution is 7.91. The Labute approximate surface area is 124 Å². The highest BCUT2D eigenvalue weighted by atomic mass is 32.2. The molecule has 0 unspecified atom stereocenters. The van der Waals surface area contributed by atoms with E-state index in [-0.39, 0.29) is 28.3 Å². The number of nitrogens with one attached hydrogen (secondary N) is 1. The third-order valence-electron chi connectivity index (χ3n) is 3.63. The van der Waals surface area contributed by atoms with Crippen molar-refractivity contribution in [3.63, 3.8) is 0 Å². The van der Waals surface area contributed by atoms with Crippen molar-refractivity contribution < 1.29 is 21.6 Å². The summed E-state index contributed by atoms with van der Waals surface area (Å²) in [7, 11) is -3.19. The van der Waals surface area contributed by atoms with E-state index in [0.717, 1.165) is 12.1 Å². The fourth-order valence-corrected chi connectivity index (χ4v) is 5.02. The van der Waals surface area contributed by atoms with Gasteiger partial charge in [0.15, 0.2) is 14.9 Å². The van der Waals surface area contributed by atoms with Gasteiger partial charge in [0.25, 0.3) is 0 Å². The number of anilines is 1. The molecule has 2 fully saturated rings. The molecule has 2 atom stereocenters. The van der Waals surface area contributed by atoms with E-state index >= 15 is 0 Å². The summed E-state index contributed by atoms with van der Waals surface area (Å²) in [4.78, 5) is 1.47. The number of thiocarbonyl (C=S) groups is 1. The smallest absolute Gasteiger partial charge is 0.356 e. The van der Waals surface area contributed by atoms with E-state index in [9.17, 15) is 21.6 Å². The van der Waals surface area contributed by atoms with Gasteiger partial charge < -0.3 is 10.2 Å². The van der Waals surface area contributed by atoms with Gasteiger partial charge in [-0.2, -0.15) is 13.2 Å². The number of alkyl halides is 3. The van der Waals surface area contributed by atoms with E-state index in [0.29, 0.717) is 0 Å². The van der Waals surface area contributed by atoms with Gasteiger partial charge in [-0.05, 0) is 30.4 Å². The van der Waals surface area contributed by atoms with Gasteiger partial charge in [0.05, 0.1) is 29.2 Å². The van der Waals surface area contributed by atoms with Crippen molar-refractivity contribution in [1.82, 2.24) is 5.32 Å². The fraction of sp³-hybridized carbons (Fsp3) is 0.417. The van der Waals surface area contributed by atoms with Crippen LogP contribution in [0.2, 0.25) is 0 Å². The number of nitrogens with zero attached hydrogens (tertiary/aromatic N) is 1. The Morgan fingerprint density at radius 1 is 1.29 bits per heavy atom. The van der Waals surface area contributed by atoms with Crippen LogP contribution in [0.25, 0.3) is 0 Å². The Hall–Kier alpha value is -1.35. The molecule has 2 aliphatic rings. The number of rotatable bonds is 1. The SMILES string of the molecule is O=S1(=O)C[C@@H]2NC(=S)N(c3cccc(C(F)(F)F)c3)[C@@H]2C1. The quantitative estimate of drug-likeness (QED) is 0.789. The summed E-state index contributed by atoms with van der Waals surface area (Å²) in [5.74, 6) is -0.158. The number of fused-ring (bicyclic) bond motifs is 1. The lowest BCUT2D eigenvalue weighted by atomic mass is 10.1. The predicted molar refractivity (Wildman–Crippen MR) is 75.9 cm³/mol. The third kappa shape index (κ3) is 2.59. The summed E-state index contributed by atoms with van der Waals surface area (Å²) in [5, 5.41) is 3.14. The summed E-state index contributed by atoms with van der Waals surface area (Å²) in [6.45, 7) is 0. The van der Waals surface area contributed by atoms with Gasteiger partial charge in [-0.1, -0.05) is 6.07 Å². The summed E-state index contributed by atoms with van der Waals surface area (Å²) in [5.41, 5.74) is -0.529. The molecule has 2 saturated heterocycles. The summed E-state index contributed by atoms with van der Waals surface area (Å²) in [6.07, 6.45) is -4.45. The number of hydrogen-bond donors (Lipinski definition) is 1. The van der Waals surface area contributed by atoms with Gasteiger partial charge in [-0.3, -0.25) is 0 Å². The Balaban J connectivity index is 1.98. The van der Waals surface area contributed by atoms with Crippen LogP contribution in [0, 0.1) is 0 Å². The summed E-state index contributed by atoms with van der Waals surface area (Å²) >= 11 is 5.13. The lowest BCUT2D eigenvalue weighted by Gasteiger charge is -2.24. The maximum absolute atomic E-state index is 12.8. The van der Waals surface area contributed by atoms with E-state index in [1.54, 1.807) is 0 Å². The molecule has 4 nitrogen and oxygen atoms in total.